The molecule has 0 aromatic heterocycles. The van der Waals surface area contributed by atoms with Crippen molar-refractivity contribution < 1.29 is 9.84 Å². The first-order valence-electron chi connectivity index (χ1n) is 7.29. The van der Waals surface area contributed by atoms with E-state index >= 15 is 0 Å². The summed E-state index contributed by atoms with van der Waals surface area (Å²) in [6.45, 7) is 0.633. The molecule has 0 saturated heterocycles. The Morgan fingerprint density at radius 3 is 2.52 bits per heavy atom. The van der Waals surface area contributed by atoms with Gasteiger partial charge in [0.05, 0.1) is 18.8 Å². The minimum absolute atomic E-state index is 0.187. The summed E-state index contributed by atoms with van der Waals surface area (Å²) in [6, 6.07) is 17.6. The van der Waals surface area contributed by atoms with Gasteiger partial charge < -0.3 is 9.84 Å². The van der Waals surface area contributed by atoms with E-state index in [1.807, 2.05) is 36.4 Å². The zero-order valence-electron chi connectivity index (χ0n) is 11.9. The highest BCUT2D eigenvalue weighted by Gasteiger charge is 2.30. The highest BCUT2D eigenvalue weighted by atomic mass is 16.5. The summed E-state index contributed by atoms with van der Waals surface area (Å²) < 4.78 is 5.92. The highest BCUT2D eigenvalue weighted by molar-refractivity contribution is 5.83. The fourth-order valence-corrected chi connectivity index (χ4v) is 2.37. The van der Waals surface area contributed by atoms with Crippen LogP contribution in [0.1, 0.15) is 24.0 Å². The van der Waals surface area contributed by atoms with Crippen LogP contribution in [-0.2, 0) is 11.3 Å². The van der Waals surface area contributed by atoms with Gasteiger partial charge >= 0.3 is 0 Å². The van der Waals surface area contributed by atoms with Crippen molar-refractivity contribution in [3.63, 3.8) is 0 Å². The fourth-order valence-electron chi connectivity index (χ4n) is 2.37. The molecule has 0 heterocycles. The lowest BCUT2D eigenvalue weighted by atomic mass is 9.89. The normalized spacial score (nSPS) is 21.3. The van der Waals surface area contributed by atoms with Crippen LogP contribution >= 0.6 is 0 Å². The molecule has 0 bridgehead atoms. The summed E-state index contributed by atoms with van der Waals surface area (Å²) in [5.41, 5.74) is 1.94. The average molecular weight is 281 g/mol. The molecule has 0 spiro atoms. The van der Waals surface area contributed by atoms with Gasteiger partial charge in [-0.1, -0.05) is 42.5 Å². The van der Waals surface area contributed by atoms with Gasteiger partial charge in [0.25, 0.3) is 0 Å². The van der Waals surface area contributed by atoms with E-state index in [1.54, 1.807) is 12.3 Å². The van der Waals surface area contributed by atoms with E-state index in [4.69, 9.17) is 4.74 Å². The number of phenolic OH excluding ortho intramolecular Hbond substituents is 1. The second kappa shape index (κ2) is 6.55. The van der Waals surface area contributed by atoms with Crippen LogP contribution in [0.4, 0.5) is 0 Å². The molecule has 2 atom stereocenters. The van der Waals surface area contributed by atoms with E-state index in [0.29, 0.717) is 6.61 Å². The number of rotatable bonds is 5. The van der Waals surface area contributed by atoms with Crippen LogP contribution < -0.4 is 0 Å². The largest absolute Gasteiger partial charge is 0.507 e. The first-order chi connectivity index (χ1) is 10.3. The number of aromatic hydroxyl groups is 1. The molecule has 2 aromatic rings. The molecule has 0 unspecified atom stereocenters. The molecule has 1 aliphatic rings. The van der Waals surface area contributed by atoms with Crippen LogP contribution in [0.3, 0.4) is 0 Å². The Morgan fingerprint density at radius 2 is 1.81 bits per heavy atom. The maximum absolute atomic E-state index is 9.71. The third-order valence-electron chi connectivity index (χ3n) is 3.82. The van der Waals surface area contributed by atoms with Crippen LogP contribution in [0, 0.1) is 0 Å². The minimum atomic E-state index is 0.187. The molecule has 0 radical (unpaired) electrons. The second-order valence-corrected chi connectivity index (χ2v) is 5.32. The van der Waals surface area contributed by atoms with Gasteiger partial charge in [0.2, 0.25) is 0 Å². The number of phenols is 1. The van der Waals surface area contributed by atoms with E-state index in [2.05, 4.69) is 17.1 Å². The predicted octanol–water partition coefficient (Wildman–Crippen LogP) is 3.56. The summed E-state index contributed by atoms with van der Waals surface area (Å²) in [5, 5.41) is 9.71. The molecule has 108 valence electrons. The summed E-state index contributed by atoms with van der Waals surface area (Å²) in [7, 11) is 0. The van der Waals surface area contributed by atoms with Crippen molar-refractivity contribution in [3.8, 4) is 5.75 Å². The van der Waals surface area contributed by atoms with Crippen molar-refractivity contribution in [1.82, 2.24) is 0 Å². The molecule has 0 aliphatic heterocycles. The fraction of sp³-hybridized carbons (Fsp3) is 0.278. The van der Waals surface area contributed by atoms with Gasteiger partial charge in [0.1, 0.15) is 5.75 Å². The predicted molar refractivity (Wildman–Crippen MR) is 83.7 cm³/mol. The van der Waals surface area contributed by atoms with Crippen LogP contribution in [0.25, 0.3) is 0 Å². The van der Waals surface area contributed by atoms with Crippen molar-refractivity contribution in [3.05, 3.63) is 65.7 Å². The zero-order valence-corrected chi connectivity index (χ0v) is 11.9. The smallest absolute Gasteiger partial charge is 0.124 e. The first-order valence-corrected chi connectivity index (χ1v) is 7.29. The summed E-state index contributed by atoms with van der Waals surface area (Å²) in [4.78, 5) is 4.54. The van der Waals surface area contributed by atoms with E-state index in [-0.39, 0.29) is 17.9 Å². The monoisotopic (exact) mass is 281 g/mol. The van der Waals surface area contributed by atoms with Crippen molar-refractivity contribution in [2.24, 2.45) is 4.99 Å². The lowest BCUT2D eigenvalue weighted by Crippen LogP contribution is -2.37. The third-order valence-corrected chi connectivity index (χ3v) is 3.82. The molecule has 21 heavy (non-hydrogen) atoms. The van der Waals surface area contributed by atoms with Crippen molar-refractivity contribution >= 4 is 6.21 Å². The second-order valence-electron chi connectivity index (χ2n) is 5.32. The standard InChI is InChI=1S/C18H19NO2/c20-17-9-5-4-8-15(17)12-19-16-10-11-18(16)21-13-14-6-2-1-3-7-14/h1-9,12,16,18,20H,10-11,13H2/t16-,18+/m0/s1. The highest BCUT2D eigenvalue weighted by Crippen LogP contribution is 2.27. The van der Waals surface area contributed by atoms with Crippen LogP contribution in [0.2, 0.25) is 0 Å². The van der Waals surface area contributed by atoms with E-state index < -0.39 is 0 Å². The van der Waals surface area contributed by atoms with Crippen LogP contribution in [-0.4, -0.2) is 23.5 Å². The Morgan fingerprint density at radius 1 is 1.05 bits per heavy atom. The third kappa shape index (κ3) is 3.50. The Kier molecular flexibility index (Phi) is 4.31. The Balaban J connectivity index is 1.54. The summed E-state index contributed by atoms with van der Waals surface area (Å²) in [5.74, 6) is 0.266. The summed E-state index contributed by atoms with van der Waals surface area (Å²) in [6.07, 6.45) is 4.03. The van der Waals surface area contributed by atoms with Gasteiger partial charge in [0.15, 0.2) is 0 Å². The van der Waals surface area contributed by atoms with E-state index in [9.17, 15) is 5.11 Å². The number of hydrogen-bond acceptors (Lipinski definition) is 3. The molecule has 1 N–H and O–H groups in total. The topological polar surface area (TPSA) is 41.8 Å². The lowest BCUT2D eigenvalue weighted by Gasteiger charge is -2.33. The van der Waals surface area contributed by atoms with Crippen molar-refractivity contribution in [2.45, 2.75) is 31.6 Å². The van der Waals surface area contributed by atoms with Crippen molar-refractivity contribution in [1.29, 1.82) is 0 Å². The SMILES string of the molecule is Oc1ccccc1C=N[C@H]1CC[C@H]1OCc1ccccc1. The molecule has 1 aliphatic carbocycles. The quantitative estimate of drug-likeness (QED) is 0.851. The number of hydrogen-bond donors (Lipinski definition) is 1. The molecule has 3 heteroatoms. The van der Waals surface area contributed by atoms with E-state index in [0.717, 1.165) is 18.4 Å². The first kappa shape index (κ1) is 13.8. The zero-order chi connectivity index (χ0) is 14.5. The Labute approximate surface area is 124 Å². The molecule has 2 aromatic carbocycles. The Hall–Kier alpha value is -2.13. The molecule has 0 amide bonds. The number of nitrogens with zero attached hydrogens (tertiary/aromatic N) is 1. The molecule has 1 saturated carbocycles. The van der Waals surface area contributed by atoms with Gasteiger partial charge in [-0.2, -0.15) is 0 Å². The minimum Gasteiger partial charge on any atom is -0.507 e. The van der Waals surface area contributed by atoms with Gasteiger partial charge in [-0.15, -0.1) is 0 Å². The van der Waals surface area contributed by atoms with Crippen LogP contribution in [0.15, 0.2) is 59.6 Å². The maximum Gasteiger partial charge on any atom is 0.124 e. The van der Waals surface area contributed by atoms with Crippen molar-refractivity contribution in [2.75, 3.05) is 0 Å². The molecular formula is C18H19NO2. The lowest BCUT2D eigenvalue weighted by molar-refractivity contribution is -0.0236. The Bertz CT molecular complexity index is 610. The van der Waals surface area contributed by atoms with Gasteiger partial charge in [-0.3, -0.25) is 4.99 Å². The van der Waals surface area contributed by atoms with Gasteiger partial charge in [-0.05, 0) is 30.5 Å². The van der Waals surface area contributed by atoms with Gasteiger partial charge in [0, 0.05) is 11.8 Å². The molecular weight excluding hydrogens is 262 g/mol. The van der Waals surface area contributed by atoms with Gasteiger partial charge in [-0.25, -0.2) is 0 Å². The van der Waals surface area contributed by atoms with E-state index in [1.165, 1.54) is 5.56 Å². The number of aliphatic imine (C=N–C) groups is 1. The molecule has 1 fully saturated rings. The maximum atomic E-state index is 9.71. The number of benzene rings is 2. The summed E-state index contributed by atoms with van der Waals surface area (Å²) >= 11 is 0. The number of para-hydroxylation sites is 1. The average Bonchev–Trinajstić information content (AvgIpc) is 2.49. The van der Waals surface area contributed by atoms with Crippen LogP contribution in [0.5, 0.6) is 5.75 Å². The number of ether oxygens (including phenoxy) is 1. The molecule has 3 rings (SSSR count). The molecule has 3 nitrogen and oxygen atoms in total.